The molecule has 36 valence electrons. The van der Waals surface area contributed by atoms with Gasteiger partial charge in [-0.3, -0.25) is 0 Å². The molecule has 0 heterocycles. The van der Waals surface area contributed by atoms with Gasteiger partial charge in [-0.05, 0) is 6.26 Å². The predicted octanol–water partition coefficient (Wildman–Crippen LogP) is 2.19. The fourth-order valence-corrected chi connectivity index (χ4v) is 2.12. The summed E-state index contributed by atoms with van der Waals surface area (Å²) < 4.78 is 0. The molecule has 0 saturated carbocycles. The van der Waals surface area contributed by atoms with E-state index >= 15 is 0 Å². The largest absolute Gasteiger partial charge is 0.173 e. The van der Waals surface area contributed by atoms with Crippen molar-refractivity contribution in [3.63, 3.8) is 0 Å². The molecule has 0 fully saturated rings. The summed E-state index contributed by atoms with van der Waals surface area (Å²) in [5.74, 6) is 0. The third-order valence-electron chi connectivity index (χ3n) is 0.354. The van der Waals surface area contributed by atoms with E-state index in [-0.39, 0.29) is 0 Å². The summed E-state index contributed by atoms with van der Waals surface area (Å²) in [5.41, 5.74) is 0. The lowest BCUT2D eigenvalue weighted by molar-refractivity contribution is 2.11. The maximum absolute atomic E-state index is 2.24. The molecule has 6 heavy (non-hydrogen) atoms. The zero-order valence-electron chi connectivity index (χ0n) is 4.49. The SMILES string of the molecule is CSPB(C)C. The molecule has 0 radical (unpaired) electrons. The maximum atomic E-state index is 2.24. The van der Waals surface area contributed by atoms with Crippen molar-refractivity contribution in [3.8, 4) is 0 Å². The second kappa shape index (κ2) is 4.02. The van der Waals surface area contributed by atoms with Gasteiger partial charge in [-0.15, -0.1) is 0 Å². The minimum Gasteiger partial charge on any atom is -0.151 e. The number of hydrogen-bond acceptors (Lipinski definition) is 1. The summed E-state index contributed by atoms with van der Waals surface area (Å²) in [7, 11) is 1.09. The molecule has 3 heteroatoms. The van der Waals surface area contributed by atoms with Crippen molar-refractivity contribution in [2.75, 3.05) is 6.26 Å². The molecule has 0 aliphatic carbocycles. The van der Waals surface area contributed by atoms with Gasteiger partial charge in [-0.1, -0.05) is 21.3 Å². The first-order valence-electron chi connectivity index (χ1n) is 2.06. The minimum atomic E-state index is 0.889. The molecular formula is C3H10BPS. The van der Waals surface area contributed by atoms with Crippen LogP contribution in [-0.2, 0) is 0 Å². The van der Waals surface area contributed by atoms with Gasteiger partial charge in [-0.25, -0.2) is 0 Å². The van der Waals surface area contributed by atoms with E-state index in [1.165, 1.54) is 0 Å². The van der Waals surface area contributed by atoms with Crippen molar-refractivity contribution in [2.45, 2.75) is 13.6 Å². The summed E-state index contributed by atoms with van der Waals surface area (Å²) in [6.07, 6.45) is 3.04. The van der Waals surface area contributed by atoms with Crippen LogP contribution >= 0.6 is 19.0 Å². The third-order valence-corrected chi connectivity index (χ3v) is 3.18. The van der Waals surface area contributed by atoms with Gasteiger partial charge in [0.1, 0.15) is 0 Å². The van der Waals surface area contributed by atoms with Crippen molar-refractivity contribution in [1.29, 1.82) is 0 Å². The Morgan fingerprint density at radius 2 is 2.00 bits per heavy atom. The van der Waals surface area contributed by atoms with Crippen LogP contribution in [0.3, 0.4) is 0 Å². The van der Waals surface area contributed by atoms with Crippen LogP contribution in [0.25, 0.3) is 0 Å². The summed E-state index contributed by atoms with van der Waals surface area (Å²) in [4.78, 5) is 0. The Labute approximate surface area is 46.0 Å². The highest BCUT2D eigenvalue weighted by Gasteiger charge is 1.91. The topological polar surface area (TPSA) is 0 Å². The van der Waals surface area contributed by atoms with Crippen LogP contribution in [0.15, 0.2) is 0 Å². The molecule has 0 nitrogen and oxygen atoms in total. The molecule has 0 aliphatic rings. The highest BCUT2D eigenvalue weighted by molar-refractivity contribution is 8.57. The van der Waals surface area contributed by atoms with Crippen LogP contribution in [0.4, 0.5) is 0 Å². The van der Waals surface area contributed by atoms with Crippen LogP contribution in [-0.4, -0.2) is 12.7 Å². The molecule has 1 unspecified atom stereocenters. The smallest absolute Gasteiger partial charge is 0.151 e. The van der Waals surface area contributed by atoms with Crippen molar-refractivity contribution >= 4 is 25.5 Å². The average Bonchev–Trinajstić information content (AvgIpc) is 1.35. The summed E-state index contributed by atoms with van der Waals surface area (Å²) in [5, 5.41) is 0. The summed E-state index contributed by atoms with van der Waals surface area (Å²) in [6.45, 7) is 4.49. The normalized spacial score (nSPS) is 10.5. The Balaban J connectivity index is 2.63. The second-order valence-electron chi connectivity index (χ2n) is 1.48. The van der Waals surface area contributed by atoms with Gasteiger partial charge in [0.05, 0.1) is 0 Å². The van der Waals surface area contributed by atoms with Crippen LogP contribution in [0.1, 0.15) is 0 Å². The molecule has 0 aliphatic heterocycles. The first kappa shape index (κ1) is 6.84. The lowest BCUT2D eigenvalue weighted by atomic mass is 9.84. The van der Waals surface area contributed by atoms with E-state index in [4.69, 9.17) is 0 Å². The average molecular weight is 120 g/mol. The molecule has 0 bridgehead atoms. The molecule has 0 amide bonds. The number of hydrogen-bond donors (Lipinski definition) is 0. The molecule has 0 saturated heterocycles. The predicted molar refractivity (Wildman–Crippen MR) is 39.3 cm³/mol. The molecule has 0 spiro atoms. The van der Waals surface area contributed by atoms with E-state index in [1.807, 2.05) is 11.4 Å². The monoisotopic (exact) mass is 120 g/mol. The highest BCUT2D eigenvalue weighted by atomic mass is 32.7. The van der Waals surface area contributed by atoms with Crippen molar-refractivity contribution in [3.05, 3.63) is 0 Å². The van der Waals surface area contributed by atoms with E-state index in [2.05, 4.69) is 19.9 Å². The Morgan fingerprint density at radius 3 is 2.00 bits per heavy atom. The Morgan fingerprint density at radius 1 is 1.50 bits per heavy atom. The Bertz CT molecular complexity index is 32.0. The van der Waals surface area contributed by atoms with E-state index in [1.54, 1.807) is 0 Å². The van der Waals surface area contributed by atoms with Crippen molar-refractivity contribution in [1.82, 2.24) is 0 Å². The van der Waals surface area contributed by atoms with Gasteiger partial charge >= 0.3 is 0 Å². The fourth-order valence-electron chi connectivity index (χ4n) is 0.236. The second-order valence-corrected chi connectivity index (χ2v) is 5.21. The Kier molecular flexibility index (Phi) is 4.58. The van der Waals surface area contributed by atoms with Gasteiger partial charge in [0, 0.05) is 0 Å². The van der Waals surface area contributed by atoms with Crippen LogP contribution < -0.4 is 0 Å². The van der Waals surface area contributed by atoms with Gasteiger partial charge in [0.25, 0.3) is 0 Å². The lowest BCUT2D eigenvalue weighted by Crippen LogP contribution is -1.83. The quantitative estimate of drug-likeness (QED) is 0.397. The molecule has 1 atom stereocenters. The van der Waals surface area contributed by atoms with E-state index in [9.17, 15) is 0 Å². The minimum absolute atomic E-state index is 0.889. The van der Waals surface area contributed by atoms with Gasteiger partial charge < -0.3 is 0 Å². The van der Waals surface area contributed by atoms with E-state index in [0.29, 0.717) is 0 Å². The first-order valence-corrected chi connectivity index (χ1v) is 5.08. The fraction of sp³-hybridized carbons (Fsp3) is 1.00. The first-order chi connectivity index (χ1) is 2.77. The van der Waals surface area contributed by atoms with Crippen molar-refractivity contribution < 1.29 is 0 Å². The molecule has 0 aromatic carbocycles. The number of rotatable bonds is 2. The van der Waals surface area contributed by atoms with Gasteiger partial charge in [0.15, 0.2) is 6.43 Å². The summed E-state index contributed by atoms with van der Waals surface area (Å²) in [6, 6.07) is 0. The molecular weight excluding hydrogens is 110 g/mol. The van der Waals surface area contributed by atoms with Crippen LogP contribution in [0.5, 0.6) is 0 Å². The zero-order chi connectivity index (χ0) is 4.99. The van der Waals surface area contributed by atoms with Crippen molar-refractivity contribution in [2.24, 2.45) is 0 Å². The highest BCUT2D eigenvalue weighted by Crippen LogP contribution is 2.28. The summed E-state index contributed by atoms with van der Waals surface area (Å²) >= 11 is 1.94. The van der Waals surface area contributed by atoms with Gasteiger partial charge in [-0.2, -0.15) is 11.4 Å². The molecule has 0 rings (SSSR count). The zero-order valence-corrected chi connectivity index (χ0v) is 6.30. The maximum Gasteiger partial charge on any atom is 0.173 e. The third kappa shape index (κ3) is 4.84. The van der Waals surface area contributed by atoms with E-state index in [0.717, 1.165) is 14.1 Å². The van der Waals surface area contributed by atoms with Gasteiger partial charge in [0.2, 0.25) is 0 Å². The molecule has 0 aromatic rings. The lowest BCUT2D eigenvalue weighted by Gasteiger charge is -1.91. The van der Waals surface area contributed by atoms with Crippen LogP contribution in [0, 0.1) is 0 Å². The molecule has 0 aromatic heterocycles. The van der Waals surface area contributed by atoms with Crippen LogP contribution in [0.2, 0.25) is 13.6 Å². The Hall–Kier alpha value is 0.845. The standard InChI is InChI=1S/C3H10BPS/c1-4(2)5-6-3/h5H,1-3H3. The van der Waals surface area contributed by atoms with E-state index < -0.39 is 0 Å². The molecule has 0 N–H and O–H groups in total.